The van der Waals surface area contributed by atoms with Crippen molar-refractivity contribution in [2.45, 2.75) is 46.0 Å². The molecule has 1 aromatic heterocycles. The Hall–Kier alpha value is -3.30. The zero-order valence-electron chi connectivity index (χ0n) is 17.7. The molecule has 0 bridgehead atoms. The first-order valence-corrected chi connectivity index (χ1v) is 10.2. The van der Waals surface area contributed by atoms with E-state index in [1.807, 2.05) is 24.4 Å². The van der Waals surface area contributed by atoms with Crippen molar-refractivity contribution in [3.05, 3.63) is 80.1 Å². The van der Waals surface area contributed by atoms with Gasteiger partial charge in [0.1, 0.15) is 5.82 Å². The SMILES string of the molecule is C\C1=C(c2ccc(C#N)cc2[C@@H](C)Cc2cc(=O)[nH]c(C)n2)/N=C\C(CN)=C/CC1. The van der Waals surface area contributed by atoms with Crippen LogP contribution in [-0.4, -0.2) is 22.7 Å². The molecular formula is C24H27N5O. The van der Waals surface area contributed by atoms with E-state index in [1.54, 1.807) is 6.92 Å². The van der Waals surface area contributed by atoms with Gasteiger partial charge in [-0.05, 0) is 67.9 Å². The van der Waals surface area contributed by atoms with Crippen molar-refractivity contribution in [2.75, 3.05) is 6.54 Å². The van der Waals surface area contributed by atoms with E-state index in [2.05, 4.69) is 36.0 Å². The van der Waals surface area contributed by atoms with Crippen molar-refractivity contribution in [1.82, 2.24) is 9.97 Å². The van der Waals surface area contributed by atoms with Gasteiger partial charge in [0.25, 0.3) is 5.56 Å². The van der Waals surface area contributed by atoms with E-state index in [1.165, 1.54) is 11.6 Å². The van der Waals surface area contributed by atoms with Crippen LogP contribution in [-0.2, 0) is 6.42 Å². The summed E-state index contributed by atoms with van der Waals surface area (Å²) in [5.41, 5.74) is 12.2. The number of nitriles is 1. The molecule has 0 amide bonds. The highest BCUT2D eigenvalue weighted by molar-refractivity contribution is 5.86. The van der Waals surface area contributed by atoms with Crippen molar-refractivity contribution < 1.29 is 0 Å². The molecule has 154 valence electrons. The smallest absolute Gasteiger partial charge is 0.251 e. The van der Waals surface area contributed by atoms with Crippen LogP contribution in [0.1, 0.15) is 60.8 Å². The van der Waals surface area contributed by atoms with E-state index in [-0.39, 0.29) is 11.5 Å². The lowest BCUT2D eigenvalue weighted by Crippen LogP contribution is -2.13. The Balaban J connectivity index is 2.06. The Bertz CT molecular complexity index is 1130. The Kier molecular flexibility index (Phi) is 6.76. The second kappa shape index (κ2) is 9.47. The summed E-state index contributed by atoms with van der Waals surface area (Å²) >= 11 is 0. The fraction of sp³-hybridized carbons (Fsp3) is 0.333. The molecule has 0 spiro atoms. The van der Waals surface area contributed by atoms with Crippen molar-refractivity contribution in [1.29, 1.82) is 5.26 Å². The fourth-order valence-electron chi connectivity index (χ4n) is 3.76. The van der Waals surface area contributed by atoms with Gasteiger partial charge in [-0.15, -0.1) is 0 Å². The number of aromatic amines is 1. The minimum absolute atomic E-state index is 0.0486. The largest absolute Gasteiger partial charge is 0.326 e. The van der Waals surface area contributed by atoms with E-state index in [9.17, 15) is 10.1 Å². The average Bonchev–Trinajstić information content (AvgIpc) is 2.70. The summed E-state index contributed by atoms with van der Waals surface area (Å²) in [7, 11) is 0. The summed E-state index contributed by atoms with van der Waals surface area (Å²) < 4.78 is 0. The number of nitrogens with two attached hydrogens (primary N) is 1. The zero-order valence-corrected chi connectivity index (χ0v) is 17.7. The molecule has 1 aliphatic heterocycles. The molecule has 30 heavy (non-hydrogen) atoms. The van der Waals surface area contributed by atoms with Gasteiger partial charge in [-0.1, -0.05) is 19.1 Å². The molecule has 0 unspecified atom stereocenters. The molecule has 6 nitrogen and oxygen atoms in total. The van der Waals surface area contributed by atoms with Gasteiger partial charge in [0.15, 0.2) is 0 Å². The molecule has 0 radical (unpaired) electrons. The summed E-state index contributed by atoms with van der Waals surface area (Å²) in [6.45, 7) is 6.42. The number of nitrogens with one attached hydrogen (secondary N) is 1. The third kappa shape index (κ3) is 5.00. The van der Waals surface area contributed by atoms with Gasteiger partial charge in [-0.2, -0.15) is 5.26 Å². The highest BCUT2D eigenvalue weighted by Crippen LogP contribution is 2.33. The predicted molar refractivity (Wildman–Crippen MR) is 120 cm³/mol. The lowest BCUT2D eigenvalue weighted by Gasteiger charge is -2.19. The van der Waals surface area contributed by atoms with Crippen molar-refractivity contribution in [3.8, 4) is 6.07 Å². The predicted octanol–water partition coefficient (Wildman–Crippen LogP) is 3.78. The number of benzene rings is 1. The van der Waals surface area contributed by atoms with Gasteiger partial charge < -0.3 is 10.7 Å². The topological polar surface area (TPSA) is 108 Å². The molecule has 3 N–H and O–H groups in total. The highest BCUT2D eigenvalue weighted by atomic mass is 16.1. The minimum atomic E-state index is -0.153. The second-order valence-corrected chi connectivity index (χ2v) is 7.75. The van der Waals surface area contributed by atoms with Crippen molar-refractivity contribution in [2.24, 2.45) is 10.7 Å². The Morgan fingerprint density at radius 3 is 2.80 bits per heavy atom. The molecule has 1 atom stereocenters. The standard InChI is InChI=1S/C24H27N5O/c1-15-5-4-6-19(13-26)14-27-24(15)21-8-7-18(12-25)10-22(21)16(2)9-20-11-23(30)29-17(3)28-20/h6-8,10-11,14,16H,4-5,9,13,26H2,1-3H3,(H,28,29,30)/b19-6-,24-15+,27-14-/t16-/m0/s1. The van der Waals surface area contributed by atoms with Crippen molar-refractivity contribution in [3.63, 3.8) is 0 Å². The molecule has 0 fully saturated rings. The number of nitrogens with zero attached hydrogens (tertiary/aromatic N) is 3. The number of allylic oxidation sites excluding steroid dienone is 2. The van der Waals surface area contributed by atoms with Crippen molar-refractivity contribution >= 4 is 11.9 Å². The maximum atomic E-state index is 11.8. The van der Waals surface area contributed by atoms with Gasteiger partial charge in [0, 0.05) is 30.1 Å². The van der Waals surface area contributed by atoms with E-state index >= 15 is 0 Å². The van der Waals surface area contributed by atoms with E-state index in [4.69, 9.17) is 10.7 Å². The molecule has 0 saturated heterocycles. The molecule has 2 aromatic rings. The van der Waals surface area contributed by atoms with E-state index in [0.29, 0.717) is 24.4 Å². The van der Waals surface area contributed by atoms with Crippen LogP contribution in [0.4, 0.5) is 0 Å². The van der Waals surface area contributed by atoms with E-state index in [0.717, 1.165) is 40.9 Å². The first-order chi connectivity index (χ1) is 14.4. The molecule has 2 heterocycles. The number of hydrogen-bond acceptors (Lipinski definition) is 5. The first kappa shape index (κ1) is 21.4. The third-order valence-corrected chi connectivity index (χ3v) is 5.32. The van der Waals surface area contributed by atoms with Crippen LogP contribution >= 0.6 is 0 Å². The quantitative estimate of drug-likeness (QED) is 0.795. The average molecular weight is 402 g/mol. The Morgan fingerprint density at radius 1 is 1.30 bits per heavy atom. The summed E-state index contributed by atoms with van der Waals surface area (Å²) in [5, 5.41) is 9.44. The van der Waals surface area contributed by atoms with Gasteiger partial charge >= 0.3 is 0 Å². The molecule has 1 aromatic carbocycles. The van der Waals surface area contributed by atoms with Crippen LogP contribution in [0.5, 0.6) is 0 Å². The monoisotopic (exact) mass is 401 g/mol. The number of aryl methyl sites for hydroxylation is 1. The summed E-state index contributed by atoms with van der Waals surface area (Å²) in [4.78, 5) is 23.8. The number of H-pyrrole nitrogens is 1. The Labute approximate surface area is 176 Å². The number of rotatable bonds is 5. The zero-order chi connectivity index (χ0) is 21.7. The maximum absolute atomic E-state index is 11.8. The minimum Gasteiger partial charge on any atom is -0.326 e. The fourth-order valence-corrected chi connectivity index (χ4v) is 3.76. The molecule has 1 aliphatic rings. The second-order valence-electron chi connectivity index (χ2n) is 7.75. The number of aliphatic imine (C=N–C) groups is 1. The van der Waals surface area contributed by atoms with Crippen LogP contribution < -0.4 is 11.3 Å². The summed E-state index contributed by atoms with van der Waals surface area (Å²) in [5.74, 6) is 0.646. The van der Waals surface area contributed by atoms with E-state index < -0.39 is 0 Å². The Morgan fingerprint density at radius 2 is 2.10 bits per heavy atom. The van der Waals surface area contributed by atoms with Crippen LogP contribution in [0.3, 0.4) is 0 Å². The molecule has 0 saturated carbocycles. The lowest BCUT2D eigenvalue weighted by molar-refractivity contribution is 0.728. The van der Waals surface area contributed by atoms with Gasteiger partial charge in [-0.3, -0.25) is 9.79 Å². The number of hydrogen-bond donors (Lipinski definition) is 2. The van der Waals surface area contributed by atoms with Crippen LogP contribution in [0.2, 0.25) is 0 Å². The van der Waals surface area contributed by atoms with Crippen LogP contribution in [0, 0.1) is 18.3 Å². The van der Waals surface area contributed by atoms with Gasteiger partial charge in [-0.25, -0.2) is 4.98 Å². The normalized spacial score (nSPS) is 20.4. The van der Waals surface area contributed by atoms with Gasteiger partial charge in [0.05, 0.1) is 17.3 Å². The summed E-state index contributed by atoms with van der Waals surface area (Å²) in [6, 6.07) is 9.50. The number of aromatic nitrogens is 2. The first-order valence-electron chi connectivity index (χ1n) is 10.2. The van der Waals surface area contributed by atoms with Crippen LogP contribution in [0.15, 0.2) is 51.3 Å². The van der Waals surface area contributed by atoms with Crippen LogP contribution in [0.25, 0.3) is 5.70 Å². The lowest BCUT2D eigenvalue weighted by atomic mass is 9.87. The molecule has 3 rings (SSSR count). The maximum Gasteiger partial charge on any atom is 0.251 e. The highest BCUT2D eigenvalue weighted by Gasteiger charge is 2.18. The molecule has 0 aliphatic carbocycles. The molecule has 6 heteroatoms. The van der Waals surface area contributed by atoms with Gasteiger partial charge in [0.2, 0.25) is 0 Å². The third-order valence-electron chi connectivity index (χ3n) is 5.32. The summed E-state index contributed by atoms with van der Waals surface area (Å²) in [6.07, 6.45) is 6.39. The molecular weight excluding hydrogens is 374 g/mol.